The van der Waals surface area contributed by atoms with Crippen LogP contribution in [-0.4, -0.2) is 43.8 Å². The van der Waals surface area contributed by atoms with Crippen LogP contribution in [-0.2, 0) is 9.47 Å². The highest BCUT2D eigenvalue weighted by Gasteiger charge is 2.23. The van der Waals surface area contributed by atoms with Crippen molar-refractivity contribution in [2.45, 2.75) is 12.2 Å². The van der Waals surface area contributed by atoms with E-state index in [-0.39, 0.29) is 12.2 Å². The third-order valence-corrected chi connectivity index (χ3v) is 6.88. The molecule has 42 heavy (non-hydrogen) atoms. The van der Waals surface area contributed by atoms with E-state index in [1.165, 1.54) is 5.17 Å². The first-order chi connectivity index (χ1) is 20.7. The minimum absolute atomic E-state index is 0.245. The molecule has 7 rings (SSSR count). The molecule has 8 heteroatoms. The molecule has 3 heterocycles. The van der Waals surface area contributed by atoms with Crippen molar-refractivity contribution >= 4 is 0 Å². The number of nitrogens with one attached hydrogen (secondary N) is 1. The quantitative estimate of drug-likeness (QED) is 0.207. The molecule has 0 radical (unpaired) electrons. The number of epoxide rings is 2. The van der Waals surface area contributed by atoms with Crippen LogP contribution in [0, 0.1) is 0 Å². The van der Waals surface area contributed by atoms with Gasteiger partial charge in [-0.15, -0.1) is 5.17 Å². The lowest BCUT2D eigenvalue weighted by atomic mass is 10.1. The van der Waals surface area contributed by atoms with Crippen LogP contribution >= 0.6 is 0 Å². The van der Waals surface area contributed by atoms with Crippen molar-refractivity contribution in [1.29, 1.82) is 0 Å². The zero-order valence-corrected chi connectivity index (χ0v) is 22.8. The van der Waals surface area contributed by atoms with E-state index in [1.54, 1.807) is 6.20 Å². The van der Waals surface area contributed by atoms with Crippen molar-refractivity contribution in [3.8, 4) is 45.3 Å². The van der Waals surface area contributed by atoms with Gasteiger partial charge in [0.2, 0.25) is 5.88 Å². The first kappa shape index (κ1) is 26.0. The summed E-state index contributed by atoms with van der Waals surface area (Å²) in [5.41, 5.74) is 7.50. The number of hydroxylamine groups is 1. The molecule has 0 amide bonds. The normalized spacial score (nSPS) is 18.5. The summed E-state index contributed by atoms with van der Waals surface area (Å²) in [6.45, 7) is 2.78. The Morgan fingerprint density at radius 2 is 1.02 bits per heavy atom. The van der Waals surface area contributed by atoms with E-state index in [2.05, 4.69) is 5.43 Å². The number of allylic oxidation sites excluding steroid dienone is 2. The Labute approximate surface area is 244 Å². The lowest BCUT2D eigenvalue weighted by Crippen LogP contribution is -2.38. The summed E-state index contributed by atoms with van der Waals surface area (Å²) in [4.78, 5) is 5.98. The van der Waals surface area contributed by atoms with Crippen LogP contribution < -0.4 is 24.5 Å². The number of hydrogen-bond donors (Lipinski definition) is 1. The van der Waals surface area contributed by atoms with E-state index >= 15 is 0 Å². The molecule has 3 aliphatic rings. The SMILES string of the molecule is C1=CN(Oc2ccc(-c3ccc(OCC4CO4)cc3)cc2)NC(Oc2ccc(-c3ccc(OCC4CO4)cc3)cc2)=C1. The second kappa shape index (κ2) is 11.9. The molecule has 3 aliphatic heterocycles. The smallest absolute Gasteiger partial charge is 0.214 e. The molecule has 4 aromatic carbocycles. The molecule has 8 nitrogen and oxygen atoms in total. The lowest BCUT2D eigenvalue weighted by molar-refractivity contribution is -0.0580. The Bertz CT molecular complexity index is 1540. The van der Waals surface area contributed by atoms with Gasteiger partial charge in [-0.2, -0.15) is 0 Å². The fourth-order valence-corrected chi connectivity index (χ4v) is 4.36. The maximum Gasteiger partial charge on any atom is 0.214 e. The van der Waals surface area contributed by atoms with Crippen molar-refractivity contribution < 1.29 is 28.5 Å². The summed E-state index contributed by atoms with van der Waals surface area (Å²) < 4.78 is 27.9. The summed E-state index contributed by atoms with van der Waals surface area (Å²) in [5.74, 6) is 3.62. The van der Waals surface area contributed by atoms with Crippen LogP contribution in [0.1, 0.15) is 0 Å². The van der Waals surface area contributed by atoms with E-state index in [0.29, 0.717) is 30.6 Å². The van der Waals surface area contributed by atoms with E-state index in [1.807, 2.05) is 109 Å². The highest BCUT2D eigenvalue weighted by molar-refractivity contribution is 5.65. The predicted molar refractivity (Wildman–Crippen MR) is 158 cm³/mol. The Kier molecular flexibility index (Phi) is 7.37. The molecule has 0 saturated carbocycles. The van der Waals surface area contributed by atoms with Gasteiger partial charge in [0.05, 0.1) is 19.4 Å². The molecular formula is C34H30N2O6. The lowest BCUT2D eigenvalue weighted by Gasteiger charge is -2.25. The number of rotatable bonds is 12. The zero-order valence-electron chi connectivity index (χ0n) is 22.8. The van der Waals surface area contributed by atoms with Crippen LogP contribution in [0.4, 0.5) is 0 Å². The predicted octanol–water partition coefficient (Wildman–Crippen LogP) is 6.12. The van der Waals surface area contributed by atoms with Gasteiger partial charge in [-0.25, -0.2) is 5.43 Å². The van der Waals surface area contributed by atoms with Crippen molar-refractivity contribution in [2.75, 3.05) is 26.4 Å². The molecule has 2 saturated heterocycles. The Balaban J connectivity index is 0.902. The van der Waals surface area contributed by atoms with Gasteiger partial charge in [0, 0.05) is 6.08 Å². The Morgan fingerprint density at radius 3 is 1.48 bits per heavy atom. The fraction of sp³-hybridized carbons (Fsp3) is 0.176. The van der Waals surface area contributed by atoms with Gasteiger partial charge in [-0.1, -0.05) is 48.5 Å². The Morgan fingerprint density at radius 1 is 0.595 bits per heavy atom. The fourth-order valence-electron chi connectivity index (χ4n) is 4.36. The molecule has 2 unspecified atom stereocenters. The van der Waals surface area contributed by atoms with Crippen LogP contribution in [0.3, 0.4) is 0 Å². The third kappa shape index (κ3) is 6.86. The molecule has 212 valence electrons. The molecule has 2 fully saturated rings. The third-order valence-electron chi connectivity index (χ3n) is 6.88. The molecule has 4 aromatic rings. The molecular weight excluding hydrogens is 532 g/mol. The van der Waals surface area contributed by atoms with E-state index in [4.69, 9.17) is 28.5 Å². The average molecular weight is 563 g/mol. The minimum Gasteiger partial charge on any atom is -0.491 e. The summed E-state index contributed by atoms with van der Waals surface area (Å²) in [5, 5.41) is 1.51. The van der Waals surface area contributed by atoms with Crippen LogP contribution in [0.15, 0.2) is 121 Å². The van der Waals surface area contributed by atoms with Gasteiger partial charge >= 0.3 is 0 Å². The Hall–Kier alpha value is -4.92. The standard InChI is InChI=1S/C34H30N2O6/c1-2-34(41-30-15-7-26(8-16-30)24-3-11-28(12-4-24)37-20-32-22-39-32)35-36(19-1)42-31-17-9-27(10-18-31)25-5-13-29(14-6-25)38-21-33-23-40-33/h1-19,32-33,35H,20-23H2. The second-order valence-corrected chi connectivity index (χ2v) is 10.1. The number of nitrogens with zero attached hydrogens (tertiary/aromatic N) is 1. The van der Waals surface area contributed by atoms with Crippen molar-refractivity contribution in [3.63, 3.8) is 0 Å². The highest BCUT2D eigenvalue weighted by Crippen LogP contribution is 2.27. The van der Waals surface area contributed by atoms with Gasteiger partial charge in [-0.05, 0) is 76.9 Å². The van der Waals surface area contributed by atoms with Crippen LogP contribution in [0.25, 0.3) is 22.3 Å². The van der Waals surface area contributed by atoms with Gasteiger partial charge in [-0.3, -0.25) is 0 Å². The first-order valence-electron chi connectivity index (χ1n) is 13.9. The molecule has 0 aliphatic carbocycles. The van der Waals surface area contributed by atoms with Crippen LogP contribution in [0.5, 0.6) is 23.0 Å². The van der Waals surface area contributed by atoms with Crippen molar-refractivity contribution in [1.82, 2.24) is 10.6 Å². The van der Waals surface area contributed by atoms with Crippen molar-refractivity contribution in [3.05, 3.63) is 121 Å². The van der Waals surface area contributed by atoms with Gasteiger partial charge in [0.1, 0.15) is 42.7 Å². The summed E-state index contributed by atoms with van der Waals surface area (Å²) in [7, 11) is 0. The summed E-state index contributed by atoms with van der Waals surface area (Å²) in [6, 6.07) is 32.0. The van der Waals surface area contributed by atoms with Gasteiger partial charge in [0.15, 0.2) is 5.75 Å². The molecule has 2 atom stereocenters. The van der Waals surface area contributed by atoms with Gasteiger partial charge in [0.25, 0.3) is 0 Å². The summed E-state index contributed by atoms with van der Waals surface area (Å²) in [6.07, 6.45) is 5.96. The molecule has 0 aromatic heterocycles. The maximum absolute atomic E-state index is 6.04. The number of hydrogen-bond acceptors (Lipinski definition) is 8. The monoisotopic (exact) mass is 562 g/mol. The van der Waals surface area contributed by atoms with E-state index in [0.717, 1.165) is 47.0 Å². The van der Waals surface area contributed by atoms with E-state index < -0.39 is 0 Å². The second-order valence-electron chi connectivity index (χ2n) is 10.1. The van der Waals surface area contributed by atoms with Crippen LogP contribution in [0.2, 0.25) is 0 Å². The molecule has 0 spiro atoms. The molecule has 0 bridgehead atoms. The number of benzene rings is 4. The molecule has 1 N–H and O–H groups in total. The first-order valence-corrected chi connectivity index (χ1v) is 13.9. The zero-order chi connectivity index (χ0) is 28.1. The average Bonchev–Trinajstić information content (AvgIpc) is 3.97. The highest BCUT2D eigenvalue weighted by atomic mass is 16.7. The topological polar surface area (TPSA) is 77.3 Å². The minimum atomic E-state index is 0.245. The maximum atomic E-state index is 6.04. The number of hydrazine groups is 1. The van der Waals surface area contributed by atoms with E-state index in [9.17, 15) is 0 Å². The number of ether oxygens (including phenoxy) is 5. The van der Waals surface area contributed by atoms with Gasteiger partial charge < -0.3 is 28.5 Å². The summed E-state index contributed by atoms with van der Waals surface area (Å²) >= 11 is 0. The van der Waals surface area contributed by atoms with Crippen molar-refractivity contribution in [2.24, 2.45) is 0 Å². The largest absolute Gasteiger partial charge is 0.491 e.